The number of hydrogen-bond donors (Lipinski definition) is 2. The summed E-state index contributed by atoms with van der Waals surface area (Å²) in [6, 6.07) is 2.12. The van der Waals surface area contributed by atoms with Crippen LogP contribution in [-0.2, 0) is 11.6 Å². The fourth-order valence-corrected chi connectivity index (χ4v) is 1.69. The van der Waals surface area contributed by atoms with Crippen LogP contribution in [0.1, 0.15) is 24.2 Å². The predicted octanol–water partition coefficient (Wildman–Crippen LogP) is 1.79. The Kier molecular flexibility index (Phi) is 2.88. The lowest BCUT2D eigenvalue weighted by atomic mass is 10.0. The van der Waals surface area contributed by atoms with Crippen LogP contribution in [0.3, 0.4) is 0 Å². The summed E-state index contributed by atoms with van der Waals surface area (Å²) in [7, 11) is 0. The van der Waals surface area contributed by atoms with E-state index in [0.717, 1.165) is 6.07 Å². The summed E-state index contributed by atoms with van der Waals surface area (Å²) in [5, 5.41) is 17.4. The van der Waals surface area contributed by atoms with Crippen LogP contribution in [0.4, 0.5) is 18.0 Å². The molecule has 0 saturated heterocycles. The van der Waals surface area contributed by atoms with E-state index in [1.54, 1.807) is 0 Å². The molecule has 1 aliphatic rings. The Morgan fingerprint density at radius 2 is 2.06 bits per heavy atom. The average molecular weight is 261 g/mol. The van der Waals surface area contributed by atoms with Gasteiger partial charge in [0.1, 0.15) is 0 Å². The molecule has 0 atom stereocenters. The van der Waals surface area contributed by atoms with E-state index in [-0.39, 0.29) is 6.54 Å². The molecule has 1 aromatic rings. The molecule has 0 spiro atoms. The maximum Gasteiger partial charge on any atom is 0.435 e. The highest BCUT2D eigenvalue weighted by atomic mass is 19.4. The van der Waals surface area contributed by atoms with Crippen LogP contribution in [-0.4, -0.2) is 27.9 Å². The lowest BCUT2D eigenvalue weighted by molar-refractivity contribution is -0.141. The smallest absolute Gasteiger partial charge is 0.435 e. The van der Waals surface area contributed by atoms with Crippen LogP contribution in [0, 0.1) is 0 Å². The van der Waals surface area contributed by atoms with Crippen molar-refractivity contribution in [3.8, 4) is 0 Å². The van der Waals surface area contributed by atoms with Gasteiger partial charge in [-0.2, -0.15) is 18.3 Å². The van der Waals surface area contributed by atoms with Crippen molar-refractivity contribution in [3.63, 3.8) is 0 Å². The van der Waals surface area contributed by atoms with Crippen molar-refractivity contribution in [1.82, 2.24) is 15.5 Å². The molecule has 1 aromatic heterocycles. The lowest BCUT2D eigenvalue weighted by Crippen LogP contribution is -2.31. The molecule has 0 unspecified atom stereocenters. The SMILES string of the molecule is O=C(O)NCC1(c2ccc(C(F)(F)F)nn2)CC1. The minimum atomic E-state index is -4.51. The van der Waals surface area contributed by atoms with Gasteiger partial charge in [0.15, 0.2) is 5.69 Å². The molecule has 1 fully saturated rings. The molecule has 1 amide bonds. The zero-order valence-corrected chi connectivity index (χ0v) is 9.16. The Hall–Kier alpha value is -1.86. The number of amides is 1. The molecule has 8 heteroatoms. The Balaban J connectivity index is 2.12. The summed E-state index contributed by atoms with van der Waals surface area (Å²) in [5.41, 5.74) is -1.15. The second kappa shape index (κ2) is 4.11. The molecule has 0 radical (unpaired) electrons. The molecular formula is C10H10F3N3O2. The van der Waals surface area contributed by atoms with Crippen molar-refractivity contribution in [2.24, 2.45) is 0 Å². The zero-order valence-electron chi connectivity index (χ0n) is 9.16. The van der Waals surface area contributed by atoms with Crippen molar-refractivity contribution < 1.29 is 23.1 Å². The quantitative estimate of drug-likeness (QED) is 0.869. The molecular weight excluding hydrogens is 251 g/mol. The van der Waals surface area contributed by atoms with Crippen LogP contribution in [0.5, 0.6) is 0 Å². The maximum atomic E-state index is 12.3. The van der Waals surface area contributed by atoms with Crippen molar-refractivity contribution >= 4 is 6.09 Å². The minimum absolute atomic E-state index is 0.141. The summed E-state index contributed by atoms with van der Waals surface area (Å²) in [4.78, 5) is 10.4. The van der Waals surface area contributed by atoms with Crippen LogP contribution in [0.15, 0.2) is 12.1 Å². The third kappa shape index (κ3) is 2.52. The summed E-state index contributed by atoms with van der Waals surface area (Å²) < 4.78 is 36.9. The van der Waals surface area contributed by atoms with E-state index >= 15 is 0 Å². The molecule has 1 saturated carbocycles. The predicted molar refractivity (Wildman–Crippen MR) is 54.0 cm³/mol. The van der Waals surface area contributed by atoms with Gasteiger partial charge in [-0.15, -0.1) is 5.10 Å². The molecule has 98 valence electrons. The molecule has 18 heavy (non-hydrogen) atoms. The van der Waals surface area contributed by atoms with Gasteiger partial charge in [0.25, 0.3) is 0 Å². The number of alkyl halides is 3. The van der Waals surface area contributed by atoms with E-state index in [1.807, 2.05) is 0 Å². The van der Waals surface area contributed by atoms with E-state index in [1.165, 1.54) is 6.07 Å². The van der Waals surface area contributed by atoms with Crippen LogP contribution in [0.25, 0.3) is 0 Å². The van der Waals surface area contributed by atoms with Crippen LogP contribution >= 0.6 is 0 Å². The van der Waals surface area contributed by atoms with Gasteiger partial charge in [0, 0.05) is 12.0 Å². The maximum absolute atomic E-state index is 12.3. The molecule has 2 N–H and O–H groups in total. The van der Waals surface area contributed by atoms with E-state index in [2.05, 4.69) is 15.5 Å². The number of halogens is 3. The number of aromatic nitrogens is 2. The first-order valence-electron chi connectivity index (χ1n) is 5.22. The second-order valence-electron chi connectivity index (χ2n) is 4.24. The highest BCUT2D eigenvalue weighted by molar-refractivity contribution is 5.64. The first-order chi connectivity index (χ1) is 8.33. The summed E-state index contributed by atoms with van der Waals surface area (Å²) in [5.74, 6) is 0. The Morgan fingerprint density at radius 1 is 1.39 bits per heavy atom. The zero-order chi connectivity index (χ0) is 13.4. The standard InChI is InChI=1S/C10H10F3N3O2/c11-10(12,13)7-2-1-6(15-16-7)9(3-4-9)5-14-8(17)18/h1-2,14H,3-5H2,(H,17,18). The minimum Gasteiger partial charge on any atom is -0.465 e. The highest BCUT2D eigenvalue weighted by Crippen LogP contribution is 2.46. The monoisotopic (exact) mass is 261 g/mol. The van der Waals surface area contributed by atoms with Gasteiger partial charge < -0.3 is 10.4 Å². The number of hydrogen-bond acceptors (Lipinski definition) is 3. The first-order valence-corrected chi connectivity index (χ1v) is 5.22. The normalized spacial score (nSPS) is 17.3. The third-order valence-corrected chi connectivity index (χ3v) is 2.93. The van der Waals surface area contributed by atoms with Gasteiger partial charge in [0.05, 0.1) is 5.69 Å². The Labute approximate surface area is 100 Å². The number of carbonyl (C=O) groups is 1. The summed E-state index contributed by atoms with van der Waals surface area (Å²) in [6.45, 7) is 0.141. The van der Waals surface area contributed by atoms with Gasteiger partial charge in [-0.05, 0) is 25.0 Å². The highest BCUT2D eigenvalue weighted by Gasteiger charge is 2.46. The molecule has 1 heterocycles. The van der Waals surface area contributed by atoms with E-state index in [9.17, 15) is 18.0 Å². The van der Waals surface area contributed by atoms with Crippen molar-refractivity contribution in [3.05, 3.63) is 23.5 Å². The van der Waals surface area contributed by atoms with Crippen LogP contribution in [0.2, 0.25) is 0 Å². The van der Waals surface area contributed by atoms with Crippen molar-refractivity contribution in [2.45, 2.75) is 24.4 Å². The fourth-order valence-electron chi connectivity index (χ4n) is 1.69. The number of carboxylic acid groups (broad SMARTS) is 1. The molecule has 0 aromatic carbocycles. The Morgan fingerprint density at radius 3 is 2.44 bits per heavy atom. The second-order valence-corrected chi connectivity index (χ2v) is 4.24. The molecule has 1 aliphatic carbocycles. The molecule has 0 bridgehead atoms. The lowest BCUT2D eigenvalue weighted by Gasteiger charge is -2.14. The number of nitrogens with zero attached hydrogens (tertiary/aromatic N) is 2. The van der Waals surface area contributed by atoms with Gasteiger partial charge in [0.2, 0.25) is 0 Å². The van der Waals surface area contributed by atoms with Gasteiger partial charge in [-0.3, -0.25) is 0 Å². The fraction of sp³-hybridized carbons (Fsp3) is 0.500. The van der Waals surface area contributed by atoms with Gasteiger partial charge >= 0.3 is 12.3 Å². The number of rotatable bonds is 3. The summed E-state index contributed by atoms with van der Waals surface area (Å²) in [6.07, 6.45) is -4.30. The molecule has 0 aliphatic heterocycles. The largest absolute Gasteiger partial charge is 0.465 e. The number of nitrogens with one attached hydrogen (secondary N) is 1. The van der Waals surface area contributed by atoms with Crippen molar-refractivity contribution in [1.29, 1.82) is 0 Å². The average Bonchev–Trinajstić information content (AvgIpc) is 3.06. The molecule has 5 nitrogen and oxygen atoms in total. The topological polar surface area (TPSA) is 75.1 Å². The molecule has 2 rings (SSSR count). The Bertz CT molecular complexity index is 454. The van der Waals surface area contributed by atoms with Gasteiger partial charge in [-0.25, -0.2) is 4.79 Å². The van der Waals surface area contributed by atoms with Crippen molar-refractivity contribution in [2.75, 3.05) is 6.54 Å². The van der Waals surface area contributed by atoms with E-state index in [4.69, 9.17) is 5.11 Å². The summed E-state index contributed by atoms with van der Waals surface area (Å²) >= 11 is 0. The first kappa shape index (κ1) is 12.6. The van der Waals surface area contributed by atoms with Gasteiger partial charge in [-0.1, -0.05) is 0 Å². The van der Waals surface area contributed by atoms with E-state index in [0.29, 0.717) is 18.5 Å². The third-order valence-electron chi connectivity index (χ3n) is 2.93. The van der Waals surface area contributed by atoms with E-state index < -0.39 is 23.4 Å². The van der Waals surface area contributed by atoms with Crippen LogP contribution < -0.4 is 5.32 Å².